The summed E-state index contributed by atoms with van der Waals surface area (Å²) in [5.41, 5.74) is 3.48. The van der Waals surface area contributed by atoms with Crippen LogP contribution in [0.3, 0.4) is 0 Å². The Bertz CT molecular complexity index is 728. The van der Waals surface area contributed by atoms with Gasteiger partial charge in [-0.3, -0.25) is 0 Å². The van der Waals surface area contributed by atoms with Gasteiger partial charge in [-0.15, -0.1) is 0 Å². The van der Waals surface area contributed by atoms with Gasteiger partial charge in [0.2, 0.25) is 0 Å². The summed E-state index contributed by atoms with van der Waals surface area (Å²) in [5.74, 6) is 2.93. The molecule has 1 fully saturated rings. The van der Waals surface area contributed by atoms with Crippen molar-refractivity contribution in [1.82, 2.24) is 19.9 Å². The zero-order chi connectivity index (χ0) is 19.2. The van der Waals surface area contributed by atoms with Gasteiger partial charge in [-0.2, -0.15) is 0 Å². The summed E-state index contributed by atoms with van der Waals surface area (Å²) in [6.45, 7) is 10.7. The molecule has 0 saturated carbocycles. The lowest BCUT2D eigenvalue weighted by molar-refractivity contribution is 0.0494. The third-order valence-electron chi connectivity index (χ3n) is 5.72. The van der Waals surface area contributed by atoms with E-state index in [-0.39, 0.29) is 5.92 Å². The average Bonchev–Trinajstić information content (AvgIpc) is 2.69. The highest BCUT2D eigenvalue weighted by atomic mass is 16.5. The minimum Gasteiger partial charge on any atom is -0.381 e. The molecule has 1 saturated heterocycles. The molecular formula is C22H32N4O. The van der Waals surface area contributed by atoms with Crippen LogP contribution in [0.4, 0.5) is 0 Å². The maximum atomic E-state index is 5.50. The van der Waals surface area contributed by atoms with Crippen LogP contribution < -0.4 is 0 Å². The molecule has 0 aromatic carbocycles. The van der Waals surface area contributed by atoms with Crippen molar-refractivity contribution < 1.29 is 4.74 Å². The van der Waals surface area contributed by atoms with E-state index in [1.54, 1.807) is 6.33 Å². The first-order valence-corrected chi connectivity index (χ1v) is 10.2. The van der Waals surface area contributed by atoms with E-state index >= 15 is 0 Å². The van der Waals surface area contributed by atoms with Crippen LogP contribution in [0.1, 0.15) is 75.1 Å². The van der Waals surface area contributed by atoms with Crippen LogP contribution in [0, 0.1) is 11.8 Å². The molecule has 1 aliphatic rings. The highest BCUT2D eigenvalue weighted by Gasteiger charge is 2.22. The van der Waals surface area contributed by atoms with E-state index in [0.29, 0.717) is 11.8 Å². The van der Waals surface area contributed by atoms with Crippen LogP contribution in [0.15, 0.2) is 24.8 Å². The summed E-state index contributed by atoms with van der Waals surface area (Å²) >= 11 is 0. The van der Waals surface area contributed by atoms with Gasteiger partial charge in [0.05, 0.1) is 0 Å². The first kappa shape index (κ1) is 19.9. The molecule has 5 heteroatoms. The molecule has 0 bridgehead atoms. The summed E-state index contributed by atoms with van der Waals surface area (Å²) in [6, 6.07) is 2.07. The summed E-state index contributed by atoms with van der Waals surface area (Å²) < 4.78 is 5.50. The van der Waals surface area contributed by atoms with Crippen molar-refractivity contribution >= 4 is 0 Å². The zero-order valence-corrected chi connectivity index (χ0v) is 17.1. The molecular weight excluding hydrogens is 336 g/mol. The van der Waals surface area contributed by atoms with Gasteiger partial charge in [-0.25, -0.2) is 19.9 Å². The van der Waals surface area contributed by atoms with Crippen molar-refractivity contribution in [3.8, 4) is 0 Å². The molecule has 3 heterocycles. The second-order valence-corrected chi connectivity index (χ2v) is 8.22. The predicted molar refractivity (Wildman–Crippen MR) is 107 cm³/mol. The highest BCUT2D eigenvalue weighted by Crippen LogP contribution is 2.27. The molecule has 0 N–H and O–H groups in total. The number of nitrogens with zero attached hydrogens (tertiary/aromatic N) is 4. The third-order valence-corrected chi connectivity index (χ3v) is 5.72. The molecule has 146 valence electrons. The lowest BCUT2D eigenvalue weighted by Gasteiger charge is -2.27. The van der Waals surface area contributed by atoms with Gasteiger partial charge in [0.1, 0.15) is 12.2 Å². The Morgan fingerprint density at radius 3 is 2.59 bits per heavy atom. The molecule has 2 aromatic rings. The second kappa shape index (κ2) is 9.36. The maximum Gasteiger partial charge on any atom is 0.131 e. The fraction of sp³-hybridized carbons (Fsp3) is 0.636. The van der Waals surface area contributed by atoms with Crippen LogP contribution in [0.25, 0.3) is 0 Å². The Balaban J connectivity index is 1.67. The fourth-order valence-corrected chi connectivity index (χ4v) is 3.95. The highest BCUT2D eigenvalue weighted by molar-refractivity contribution is 5.22. The number of hydrogen-bond donors (Lipinski definition) is 0. The molecule has 5 nitrogen and oxygen atoms in total. The topological polar surface area (TPSA) is 60.8 Å². The normalized spacial score (nSPS) is 17.8. The SMILES string of the molecule is CC(C)c1cncnc1CC(C)c1nccc(CC(C)C2CCOCC2)n1. The minimum atomic E-state index is 0.232. The fourth-order valence-electron chi connectivity index (χ4n) is 3.95. The van der Waals surface area contributed by atoms with E-state index < -0.39 is 0 Å². The number of rotatable bonds is 7. The minimum absolute atomic E-state index is 0.232. The zero-order valence-electron chi connectivity index (χ0n) is 17.1. The van der Waals surface area contributed by atoms with Crippen LogP contribution >= 0.6 is 0 Å². The predicted octanol–water partition coefficient (Wildman–Crippen LogP) is 4.34. The van der Waals surface area contributed by atoms with E-state index in [4.69, 9.17) is 9.72 Å². The quantitative estimate of drug-likeness (QED) is 0.727. The lowest BCUT2D eigenvalue weighted by Crippen LogP contribution is -2.23. The van der Waals surface area contributed by atoms with Gasteiger partial charge in [0.15, 0.2) is 0 Å². The van der Waals surface area contributed by atoms with E-state index in [9.17, 15) is 0 Å². The van der Waals surface area contributed by atoms with Gasteiger partial charge < -0.3 is 4.74 Å². The van der Waals surface area contributed by atoms with Crippen LogP contribution in [0.2, 0.25) is 0 Å². The van der Waals surface area contributed by atoms with E-state index in [1.807, 2.05) is 12.4 Å². The van der Waals surface area contributed by atoms with Crippen LogP contribution in [-0.2, 0) is 17.6 Å². The van der Waals surface area contributed by atoms with Gasteiger partial charge in [-0.1, -0.05) is 27.7 Å². The van der Waals surface area contributed by atoms with Gasteiger partial charge in [-0.05, 0) is 55.1 Å². The molecule has 0 aliphatic carbocycles. The Labute approximate surface area is 163 Å². The molecule has 3 rings (SSSR count). The molecule has 2 atom stereocenters. The molecule has 27 heavy (non-hydrogen) atoms. The van der Waals surface area contributed by atoms with Gasteiger partial charge in [0, 0.05) is 42.9 Å². The Hall–Kier alpha value is -1.88. The average molecular weight is 369 g/mol. The van der Waals surface area contributed by atoms with Crippen molar-refractivity contribution in [2.75, 3.05) is 13.2 Å². The van der Waals surface area contributed by atoms with Crippen molar-refractivity contribution in [1.29, 1.82) is 0 Å². The molecule has 2 aromatic heterocycles. The van der Waals surface area contributed by atoms with E-state index in [0.717, 1.165) is 49.2 Å². The van der Waals surface area contributed by atoms with Gasteiger partial charge in [0.25, 0.3) is 0 Å². The van der Waals surface area contributed by atoms with E-state index in [2.05, 4.69) is 48.7 Å². The number of hydrogen-bond acceptors (Lipinski definition) is 5. The van der Waals surface area contributed by atoms with E-state index in [1.165, 1.54) is 18.4 Å². The summed E-state index contributed by atoms with van der Waals surface area (Å²) in [6.07, 6.45) is 9.68. The molecule has 1 aliphatic heterocycles. The second-order valence-electron chi connectivity index (χ2n) is 8.22. The van der Waals surface area contributed by atoms with Crippen molar-refractivity contribution in [3.63, 3.8) is 0 Å². The molecule has 0 radical (unpaired) electrons. The summed E-state index contributed by atoms with van der Waals surface area (Å²) in [4.78, 5) is 18.2. The van der Waals surface area contributed by atoms with Gasteiger partial charge >= 0.3 is 0 Å². The standard InChI is InChI=1S/C22H32N4O/c1-15(2)20-13-23-14-25-21(20)12-17(4)22-24-8-5-19(26-22)11-16(3)18-6-9-27-10-7-18/h5,8,13-18H,6-7,9-12H2,1-4H3. The van der Waals surface area contributed by atoms with Crippen LogP contribution in [0.5, 0.6) is 0 Å². The summed E-state index contributed by atoms with van der Waals surface area (Å²) in [5, 5.41) is 0. The molecule has 2 unspecified atom stereocenters. The number of ether oxygens (including phenoxy) is 1. The number of aromatic nitrogens is 4. The molecule has 0 spiro atoms. The smallest absolute Gasteiger partial charge is 0.131 e. The maximum absolute atomic E-state index is 5.50. The van der Waals surface area contributed by atoms with Crippen molar-refractivity contribution in [3.05, 3.63) is 47.6 Å². The molecule has 0 amide bonds. The first-order valence-electron chi connectivity index (χ1n) is 10.2. The first-order chi connectivity index (χ1) is 13.0. The monoisotopic (exact) mass is 368 g/mol. The Kier molecular flexibility index (Phi) is 6.89. The Morgan fingerprint density at radius 2 is 1.85 bits per heavy atom. The lowest BCUT2D eigenvalue weighted by atomic mass is 9.84. The van der Waals surface area contributed by atoms with Crippen molar-refractivity contribution in [2.45, 2.75) is 65.2 Å². The van der Waals surface area contributed by atoms with Crippen LogP contribution in [-0.4, -0.2) is 33.1 Å². The third kappa shape index (κ3) is 5.32. The summed E-state index contributed by atoms with van der Waals surface area (Å²) in [7, 11) is 0. The van der Waals surface area contributed by atoms with Crippen molar-refractivity contribution in [2.24, 2.45) is 11.8 Å². The Morgan fingerprint density at radius 1 is 1.07 bits per heavy atom. The largest absolute Gasteiger partial charge is 0.381 e.